The van der Waals surface area contributed by atoms with Crippen LogP contribution in [0.25, 0.3) is 27.1 Å². The van der Waals surface area contributed by atoms with Gasteiger partial charge in [0.2, 0.25) is 0 Å². The number of nitrogens with one attached hydrogen (secondary N) is 1. The van der Waals surface area contributed by atoms with E-state index in [0.717, 1.165) is 120 Å². The summed E-state index contributed by atoms with van der Waals surface area (Å²) in [7, 11) is 0. The molecule has 12 aliphatic heterocycles. The third-order valence-electron chi connectivity index (χ3n) is 25.1. The number of benzene rings is 8. The zero-order valence-corrected chi connectivity index (χ0v) is 80.4. The predicted octanol–water partition coefficient (Wildman–Crippen LogP) is 23.6. The second kappa shape index (κ2) is 44.4. The molecular formula is C93H74Br3Cl3CuF15N9NaO10. The molecule has 3 amide bonds. The van der Waals surface area contributed by atoms with E-state index in [-0.39, 0.29) is 94.5 Å². The van der Waals surface area contributed by atoms with Crippen molar-refractivity contribution in [3.63, 3.8) is 0 Å². The number of rotatable bonds is 2. The molecule has 12 heterocycles. The van der Waals surface area contributed by atoms with Crippen LogP contribution in [0, 0.1) is 35.0 Å². The van der Waals surface area contributed by atoms with Gasteiger partial charge in [-0.15, -0.1) is 0 Å². The van der Waals surface area contributed by atoms with E-state index in [1.54, 1.807) is 17.7 Å². The van der Waals surface area contributed by atoms with E-state index in [4.69, 9.17) is 76.6 Å². The van der Waals surface area contributed by atoms with Crippen LogP contribution in [0.15, 0.2) is 194 Å². The largest absolute Gasteiger partial charge is 1.00 e. The quantitative estimate of drug-likeness (QED) is 0.0195. The fourth-order valence-electron chi connectivity index (χ4n) is 20.4. The van der Waals surface area contributed by atoms with Crippen LogP contribution in [-0.4, -0.2) is 128 Å². The van der Waals surface area contributed by atoms with E-state index in [2.05, 4.69) is 106 Å². The van der Waals surface area contributed by atoms with Crippen molar-refractivity contribution in [2.24, 2.45) is 11.8 Å². The Bertz CT molecular complexity index is 5860. The topological polar surface area (TPSA) is 260 Å². The number of hydrogen-bond donors (Lipinski definition) is 1. The molecule has 0 radical (unpaired) electrons. The van der Waals surface area contributed by atoms with E-state index in [9.17, 15) is 95.1 Å². The van der Waals surface area contributed by atoms with Crippen molar-refractivity contribution in [2.75, 3.05) is 0 Å². The second-order valence-corrected chi connectivity index (χ2v) is 37.7. The summed E-state index contributed by atoms with van der Waals surface area (Å²) >= 11 is 24.9. The van der Waals surface area contributed by atoms with Crippen molar-refractivity contribution >= 4 is 123 Å². The Labute approximate surface area is 836 Å². The molecule has 0 spiro atoms. The number of fused-ring (bicyclic) bond motifs is 16. The molecule has 710 valence electrons. The number of halogens is 21. The van der Waals surface area contributed by atoms with Gasteiger partial charge in [0.05, 0.1) is 11.6 Å². The molecule has 42 heteroatoms. The molecular weight excluding hydrogens is 2120 g/mol. The van der Waals surface area contributed by atoms with E-state index in [1.807, 2.05) is 115 Å². The van der Waals surface area contributed by atoms with Crippen molar-refractivity contribution in [1.82, 2.24) is 20.0 Å². The minimum absolute atomic E-state index is 0. The third kappa shape index (κ3) is 24.3. The van der Waals surface area contributed by atoms with Gasteiger partial charge in [-0.2, -0.15) is 71.1 Å². The Morgan fingerprint density at radius 3 is 1.07 bits per heavy atom. The molecule has 20 rings (SSSR count). The van der Waals surface area contributed by atoms with E-state index in [1.165, 1.54) is 34.5 Å². The summed E-state index contributed by atoms with van der Waals surface area (Å²) in [4.78, 5) is 60.0. The van der Waals surface area contributed by atoms with Crippen LogP contribution in [0.2, 0.25) is 0 Å². The summed E-state index contributed by atoms with van der Waals surface area (Å²) in [5.74, 6) is -4.90. The van der Waals surface area contributed by atoms with Gasteiger partial charge < -0.3 is 66.6 Å². The maximum absolute atomic E-state index is 13.1. The molecule has 10 atom stereocenters. The molecule has 8 aromatic rings. The first-order valence-electron chi connectivity index (χ1n) is 41.4. The fourth-order valence-corrected chi connectivity index (χ4v) is 21.4. The van der Waals surface area contributed by atoms with Crippen molar-refractivity contribution in [2.45, 2.75) is 198 Å². The van der Waals surface area contributed by atoms with Gasteiger partial charge in [-0.05, 0) is 211 Å². The van der Waals surface area contributed by atoms with Crippen LogP contribution in [-0.2, 0) is 45.8 Å². The number of carbonyl (C=O) groups is 5. The Morgan fingerprint density at radius 2 is 0.704 bits per heavy atom. The zero-order chi connectivity index (χ0) is 96.3. The van der Waals surface area contributed by atoms with Crippen molar-refractivity contribution in [3.05, 3.63) is 267 Å². The molecule has 135 heavy (non-hydrogen) atoms. The monoisotopic (exact) mass is 2190 g/mol. The minimum Gasteiger partial charge on any atom is -0.512 e. The number of carbonyl (C=O) groups excluding carboxylic acids is 5. The molecule has 8 bridgehead atoms. The summed E-state index contributed by atoms with van der Waals surface area (Å²) in [6.45, 7) is 4.75. The summed E-state index contributed by atoms with van der Waals surface area (Å²) in [6.07, 6.45) is -13.9. The first-order chi connectivity index (χ1) is 63.0. The molecule has 19 nitrogen and oxygen atoms in total. The average molecular weight is 2200 g/mol. The molecule has 1 N–H and O–H groups in total. The Hall–Kier alpha value is -8.98. The molecule has 8 aromatic carbocycles. The standard InChI is InChI=1S/C23H19F3N2O2.C22H19BrF3NO2.C22H17BrF3NO2.C20H18BrNO.C4F6O3.CHCl3.CN.Cu.N3.Na/c24-23(25,26)22(29)28-15-6-7-16(28)11-14(10-15)21-17-3-1-2-4-19(17)30-20-9-13(12-27)5-8-18(20)21;2*23-13-5-8-17-19(11-13)29-18-4-2-1-3-16(18)20(17)12-9-14-6-7-15(10-12)27(14)21(28)22(24,25)26;21-13-5-8-17-19(11-13)23-18-4-2-1-3-16(18)20(17)12-9-14-6-7-15(10-12)22-14;5-3(6,7)1(11)13-2(12)4(8,9)10;2-1(3)4;1-2;;1-3-2;/h1-5,8-9,14-16,21H,6-7,10-11H2;1-5,8,11-12,14-15,20H,6-7,9-10H2;1-5,8,11,14-15H,6-7,9-10H2;1-5,8,11,14-15,22H,6-7,9-10H2;;1H;;;;/q;;;;;;-1;+1;-1;+1. The third-order valence-corrected chi connectivity index (χ3v) is 26.6. The van der Waals surface area contributed by atoms with Crippen molar-refractivity contribution in [1.29, 1.82) is 10.5 Å². The molecule has 8 saturated heterocycles. The molecule has 0 saturated carbocycles. The first-order valence-corrected chi connectivity index (χ1v) is 45.1. The fraction of sp³-hybridized carbons (Fsp3) is 0.366. The maximum Gasteiger partial charge on any atom is 1.00 e. The number of alkyl halides is 18. The van der Waals surface area contributed by atoms with Crippen LogP contribution in [0.3, 0.4) is 0 Å². The van der Waals surface area contributed by atoms with Gasteiger partial charge in [0.25, 0.3) is 0 Å². The molecule has 0 aliphatic carbocycles. The van der Waals surface area contributed by atoms with Crippen LogP contribution < -0.4 is 53.8 Å². The summed E-state index contributed by atoms with van der Waals surface area (Å²) in [6, 6.07) is 56.4. The Kier molecular flexibility index (Phi) is 35.0. The smallest absolute Gasteiger partial charge is 0.512 e. The number of piperidine rings is 4. The van der Waals surface area contributed by atoms with Crippen LogP contribution in [0.4, 0.5) is 65.9 Å². The van der Waals surface area contributed by atoms with Gasteiger partial charge in [-0.1, -0.05) is 179 Å². The van der Waals surface area contributed by atoms with Crippen LogP contribution in [0.5, 0.6) is 46.0 Å². The normalized spacial score (nSPS) is 22.6. The van der Waals surface area contributed by atoms with Crippen molar-refractivity contribution in [3.8, 4) is 52.1 Å². The number of para-hydroxylation sites is 4. The number of esters is 2. The summed E-state index contributed by atoms with van der Waals surface area (Å²) in [5.41, 5.74) is 27.6. The molecule has 8 fully saturated rings. The maximum atomic E-state index is 13.1. The number of nitrogens with zero attached hydrogens (tertiary/aromatic N) is 8. The number of ether oxygens (including phenoxy) is 5. The van der Waals surface area contributed by atoms with Gasteiger partial charge in [-0.25, -0.2) is 9.59 Å². The van der Waals surface area contributed by atoms with Gasteiger partial charge in [0.15, 0.2) is 4.30 Å². The molecule has 12 aliphatic rings. The zero-order valence-electron chi connectivity index (χ0n) is 70.4. The average Bonchev–Trinajstić information content (AvgIpc) is 1.73. The second-order valence-electron chi connectivity index (χ2n) is 32.9. The molecule has 0 aromatic heterocycles. The van der Waals surface area contributed by atoms with Gasteiger partial charge in [-0.3, -0.25) is 19.3 Å². The number of amides is 3. The summed E-state index contributed by atoms with van der Waals surface area (Å²) in [5, 5.41) is 19.2. The van der Waals surface area contributed by atoms with Crippen LogP contribution in [0.1, 0.15) is 165 Å². The number of hydrogen-bond acceptors (Lipinski definition) is 13. The first kappa shape index (κ1) is 106. The van der Waals surface area contributed by atoms with Gasteiger partial charge in [0, 0.05) is 118 Å². The van der Waals surface area contributed by atoms with E-state index >= 15 is 0 Å². The molecule has 10 unspecified atom stereocenters. The Balaban J connectivity index is 0.000000161. The Morgan fingerprint density at radius 1 is 0.415 bits per heavy atom. The van der Waals surface area contributed by atoms with Gasteiger partial charge >= 0.3 is 107 Å². The SMILES string of the molecule is Brc1ccc2c(c1)Oc1ccccc1C2=C1CC2CCC(C1)N2.ClC(Cl)Cl.N#Cc1ccc2c(c1)Oc1ccccc1C2C1CC2CCC(C1)N2C(=O)C(F)(F)F.O=C(N1C2CCC1CC(=C1c3ccccc3Oc3cc(Br)ccc31)C2)C(F)(F)F.O=C(N1C2CCC1CC(C1c3ccccc3Oc3cc(Br)ccc31)C2)C(F)(F)F.O=C(OC(=O)C(F)(F)F)C(F)(F)F.[C-]#N.[Cu+].[N-]=[N+]=[N-].[Na+]. The van der Waals surface area contributed by atoms with E-state index < -0.39 is 76.9 Å². The van der Waals surface area contributed by atoms with Gasteiger partial charge in [0.1, 0.15) is 46.0 Å². The number of nitriles is 1. The summed E-state index contributed by atoms with van der Waals surface area (Å²) < 4.78 is 214. The minimum atomic E-state index is -5.62. The van der Waals surface area contributed by atoms with Crippen LogP contribution >= 0.6 is 82.6 Å². The van der Waals surface area contributed by atoms with Crippen molar-refractivity contribution < 1.29 is 160 Å². The van der Waals surface area contributed by atoms with E-state index in [0.29, 0.717) is 106 Å². The predicted molar refractivity (Wildman–Crippen MR) is 468 cm³/mol.